The summed E-state index contributed by atoms with van der Waals surface area (Å²) in [7, 11) is 0. The Morgan fingerprint density at radius 3 is 2.30 bits per heavy atom. The van der Waals surface area contributed by atoms with E-state index in [2.05, 4.69) is 12.2 Å². The molecule has 3 heterocycles. The average molecular weight is 706 g/mol. The Balaban J connectivity index is 1.40. The number of nitrogens with two attached hydrogens (primary N) is 2. The smallest absolute Gasteiger partial charge is 0.330 e. The SMILES string of the molecule is CCCCCCCc1ccc(NC(=O)CCCCC(C(N)=O)C(OC2OC(CN)C(O)C2O)C2OC(n3ccc(=O)[nH]c3=O)C(O)C2O)cc1. The summed E-state index contributed by atoms with van der Waals surface area (Å²) in [6.45, 7) is 2.03. The maximum Gasteiger partial charge on any atom is 0.330 e. The van der Waals surface area contributed by atoms with Crippen LogP contribution >= 0.6 is 0 Å². The molecule has 0 aliphatic carbocycles. The number of anilines is 1. The predicted octanol–water partition coefficient (Wildman–Crippen LogP) is -0.240. The number of rotatable bonds is 19. The molecule has 0 radical (unpaired) electrons. The summed E-state index contributed by atoms with van der Waals surface area (Å²) in [6.07, 6.45) is -4.59. The van der Waals surface area contributed by atoms with E-state index in [0.717, 1.165) is 29.7 Å². The van der Waals surface area contributed by atoms with Crippen molar-refractivity contribution in [2.24, 2.45) is 17.4 Å². The molecule has 10 unspecified atom stereocenters. The number of benzene rings is 1. The Kier molecular flexibility index (Phi) is 14.7. The maximum absolute atomic E-state index is 12.9. The minimum atomic E-state index is -1.74. The van der Waals surface area contributed by atoms with Gasteiger partial charge in [0.05, 0.1) is 5.92 Å². The number of carbonyl (C=O) groups is 2. The lowest BCUT2D eigenvalue weighted by atomic mass is 9.88. The first kappa shape index (κ1) is 39.3. The van der Waals surface area contributed by atoms with E-state index in [0.29, 0.717) is 18.5 Å². The molecule has 2 aliphatic heterocycles. The number of aromatic nitrogens is 2. The molecule has 2 amide bonds. The molecule has 16 nitrogen and oxygen atoms in total. The minimum absolute atomic E-state index is 0.0395. The summed E-state index contributed by atoms with van der Waals surface area (Å²) in [5.41, 5.74) is 11.7. The Labute approximate surface area is 289 Å². The molecule has 1 aromatic carbocycles. The van der Waals surface area contributed by atoms with E-state index >= 15 is 0 Å². The molecule has 0 saturated carbocycles. The summed E-state index contributed by atoms with van der Waals surface area (Å²) < 4.78 is 18.3. The number of aliphatic hydroxyl groups is 4. The van der Waals surface area contributed by atoms with Gasteiger partial charge in [0.1, 0.15) is 42.7 Å². The Bertz CT molecular complexity index is 1500. The van der Waals surface area contributed by atoms with E-state index in [1.54, 1.807) is 0 Å². The van der Waals surface area contributed by atoms with Crippen molar-refractivity contribution < 1.29 is 44.2 Å². The van der Waals surface area contributed by atoms with Gasteiger partial charge in [-0.05, 0) is 43.4 Å². The highest BCUT2D eigenvalue weighted by Gasteiger charge is 2.53. The summed E-state index contributed by atoms with van der Waals surface area (Å²) in [6, 6.07) is 8.76. The molecule has 50 heavy (non-hydrogen) atoms. The molecule has 10 atom stereocenters. The van der Waals surface area contributed by atoms with Gasteiger partial charge in [0, 0.05) is 30.9 Å². The zero-order valence-electron chi connectivity index (χ0n) is 28.3. The van der Waals surface area contributed by atoms with Crippen LogP contribution in [0.2, 0.25) is 0 Å². The second-order valence-electron chi connectivity index (χ2n) is 13.0. The fourth-order valence-electron chi connectivity index (χ4n) is 6.42. The molecule has 2 fully saturated rings. The van der Waals surface area contributed by atoms with Crippen molar-refractivity contribution in [2.75, 3.05) is 11.9 Å². The Hall–Kier alpha value is -3.48. The van der Waals surface area contributed by atoms with Gasteiger partial charge in [-0.3, -0.25) is 23.9 Å². The summed E-state index contributed by atoms with van der Waals surface area (Å²) >= 11 is 0. The lowest BCUT2D eigenvalue weighted by molar-refractivity contribution is -0.231. The number of nitrogens with one attached hydrogen (secondary N) is 2. The predicted molar refractivity (Wildman–Crippen MR) is 181 cm³/mol. The molecule has 0 spiro atoms. The Morgan fingerprint density at radius 1 is 0.940 bits per heavy atom. The van der Waals surface area contributed by atoms with E-state index in [1.807, 2.05) is 29.2 Å². The molecular formula is C34H51N5O11. The number of nitrogens with zero attached hydrogens (tertiary/aromatic N) is 1. The van der Waals surface area contributed by atoms with Crippen molar-refractivity contribution >= 4 is 17.5 Å². The number of aryl methyl sites for hydroxylation is 1. The van der Waals surface area contributed by atoms with Crippen LogP contribution in [0.25, 0.3) is 0 Å². The summed E-state index contributed by atoms with van der Waals surface area (Å²) in [5, 5.41) is 45.8. The third kappa shape index (κ3) is 10.1. The van der Waals surface area contributed by atoms with Crippen molar-refractivity contribution in [3.05, 3.63) is 62.9 Å². The minimum Gasteiger partial charge on any atom is -0.387 e. The number of carbonyl (C=O) groups excluding carboxylic acids is 2. The topological polar surface area (TPSA) is 262 Å². The third-order valence-corrected chi connectivity index (χ3v) is 9.30. The van der Waals surface area contributed by atoms with Crippen LogP contribution in [0.15, 0.2) is 46.1 Å². The molecule has 2 aromatic rings. The van der Waals surface area contributed by atoms with Crippen molar-refractivity contribution in [3.63, 3.8) is 0 Å². The van der Waals surface area contributed by atoms with Crippen molar-refractivity contribution in [1.29, 1.82) is 0 Å². The summed E-state index contributed by atoms with van der Waals surface area (Å²) in [4.78, 5) is 51.7. The largest absolute Gasteiger partial charge is 0.387 e. The summed E-state index contributed by atoms with van der Waals surface area (Å²) in [5.74, 6) is -2.31. The first-order valence-electron chi connectivity index (χ1n) is 17.3. The van der Waals surface area contributed by atoms with Crippen LogP contribution < -0.4 is 28.0 Å². The van der Waals surface area contributed by atoms with Crippen LogP contribution in [0.4, 0.5) is 5.69 Å². The fourth-order valence-corrected chi connectivity index (χ4v) is 6.42. The second-order valence-corrected chi connectivity index (χ2v) is 13.0. The van der Waals surface area contributed by atoms with Crippen LogP contribution in [-0.2, 0) is 30.2 Å². The van der Waals surface area contributed by atoms with Gasteiger partial charge < -0.3 is 51.4 Å². The van der Waals surface area contributed by atoms with Gasteiger partial charge in [0.2, 0.25) is 11.8 Å². The number of hydrogen-bond acceptors (Lipinski definition) is 12. The first-order chi connectivity index (χ1) is 23.9. The molecule has 2 aliphatic rings. The zero-order valence-corrected chi connectivity index (χ0v) is 28.3. The normalized spacial score (nSPS) is 27.6. The monoisotopic (exact) mass is 705 g/mol. The van der Waals surface area contributed by atoms with Gasteiger partial charge in [-0.2, -0.15) is 0 Å². The molecule has 1 aromatic heterocycles. The number of aromatic amines is 1. The van der Waals surface area contributed by atoms with Gasteiger partial charge in [0.15, 0.2) is 12.5 Å². The molecular weight excluding hydrogens is 654 g/mol. The van der Waals surface area contributed by atoms with Gasteiger partial charge in [-0.25, -0.2) is 4.79 Å². The zero-order chi connectivity index (χ0) is 36.4. The molecule has 2 saturated heterocycles. The van der Waals surface area contributed by atoms with Crippen LogP contribution in [0.3, 0.4) is 0 Å². The van der Waals surface area contributed by atoms with Crippen LogP contribution in [0.5, 0.6) is 0 Å². The number of aliphatic hydroxyl groups excluding tert-OH is 4. The first-order valence-corrected chi connectivity index (χ1v) is 17.3. The number of H-pyrrole nitrogens is 1. The van der Waals surface area contributed by atoms with E-state index in [1.165, 1.54) is 31.2 Å². The van der Waals surface area contributed by atoms with Gasteiger partial charge >= 0.3 is 5.69 Å². The van der Waals surface area contributed by atoms with Crippen LogP contribution in [0.1, 0.15) is 76.5 Å². The standard InChI is InChI=1S/C34H51N5O11/c1-2-3-4-5-6-9-19-12-14-20(15-13-19)37-23(40)11-8-7-10-21(31(36)46)29(50-33-28(45)25(42)22(18-35)48-33)30-26(43)27(44)32(49-30)39-17-16-24(41)38-34(39)47/h12-17,21-22,25-30,32-33,42-45H,2-11,18,35H2,1H3,(H2,36,46)(H,37,40)(H,38,41,47). The molecule has 16 heteroatoms. The highest BCUT2D eigenvalue weighted by atomic mass is 16.7. The third-order valence-electron chi connectivity index (χ3n) is 9.30. The van der Waals surface area contributed by atoms with Crippen LogP contribution in [-0.4, -0.2) is 97.4 Å². The van der Waals surface area contributed by atoms with Gasteiger partial charge in [0.25, 0.3) is 5.56 Å². The average Bonchev–Trinajstić information content (AvgIpc) is 3.53. The number of unbranched alkanes of at least 4 members (excludes halogenated alkanes) is 5. The molecule has 0 bridgehead atoms. The number of amides is 2. The van der Waals surface area contributed by atoms with Crippen molar-refractivity contribution in [2.45, 2.75) is 126 Å². The fraction of sp³-hybridized carbons (Fsp3) is 0.647. The number of ether oxygens (including phenoxy) is 3. The molecule has 10 N–H and O–H groups in total. The van der Waals surface area contributed by atoms with Gasteiger partial charge in [-0.15, -0.1) is 0 Å². The van der Waals surface area contributed by atoms with E-state index in [4.69, 9.17) is 25.7 Å². The molecule has 4 rings (SSSR count). The van der Waals surface area contributed by atoms with Crippen molar-refractivity contribution in [3.8, 4) is 0 Å². The van der Waals surface area contributed by atoms with Crippen molar-refractivity contribution in [1.82, 2.24) is 9.55 Å². The molecule has 278 valence electrons. The van der Waals surface area contributed by atoms with E-state index in [-0.39, 0.29) is 25.3 Å². The lowest BCUT2D eigenvalue weighted by Crippen LogP contribution is -2.50. The van der Waals surface area contributed by atoms with E-state index < -0.39 is 78.3 Å². The maximum atomic E-state index is 12.9. The highest BCUT2D eigenvalue weighted by Crippen LogP contribution is 2.36. The number of primary amides is 1. The quantitative estimate of drug-likeness (QED) is 0.0881. The lowest BCUT2D eigenvalue weighted by Gasteiger charge is -2.33. The van der Waals surface area contributed by atoms with Gasteiger partial charge in [-0.1, -0.05) is 51.2 Å². The van der Waals surface area contributed by atoms with E-state index in [9.17, 15) is 39.6 Å². The Morgan fingerprint density at radius 2 is 1.66 bits per heavy atom. The number of hydrogen-bond donors (Lipinski definition) is 8. The second kappa shape index (κ2) is 18.7. The highest BCUT2D eigenvalue weighted by molar-refractivity contribution is 5.90. The van der Waals surface area contributed by atoms with Crippen LogP contribution in [0, 0.1) is 5.92 Å².